The van der Waals surface area contributed by atoms with Gasteiger partial charge in [-0.15, -0.1) is 0 Å². The minimum atomic E-state index is -3.31. The maximum atomic E-state index is 12.0. The van der Waals surface area contributed by atoms with E-state index in [1.807, 2.05) is 24.0 Å². The van der Waals surface area contributed by atoms with Gasteiger partial charge in [0.25, 0.3) is 0 Å². The van der Waals surface area contributed by atoms with Crippen LogP contribution in [0.4, 0.5) is 5.82 Å². The number of benzene rings is 1. The number of rotatable bonds is 4. The minimum absolute atomic E-state index is 0.282. The van der Waals surface area contributed by atoms with Crippen molar-refractivity contribution in [2.75, 3.05) is 24.3 Å². The third-order valence-electron chi connectivity index (χ3n) is 3.95. The predicted molar refractivity (Wildman–Crippen MR) is 89.7 cm³/mol. The second kappa shape index (κ2) is 6.20. The average Bonchev–Trinajstić information content (AvgIpc) is 2.54. The predicted octanol–water partition coefficient (Wildman–Crippen LogP) is 2.45. The van der Waals surface area contributed by atoms with Crippen LogP contribution in [0.2, 0.25) is 0 Å². The van der Waals surface area contributed by atoms with E-state index in [-0.39, 0.29) is 4.90 Å². The number of sulfone groups is 1. The summed E-state index contributed by atoms with van der Waals surface area (Å²) in [6.45, 7) is 3.97. The number of hydrogen-bond donors (Lipinski definition) is 0. The molecule has 0 saturated carbocycles. The van der Waals surface area contributed by atoms with Crippen LogP contribution in [0.25, 0.3) is 0 Å². The van der Waals surface area contributed by atoms with Crippen LogP contribution in [0.15, 0.2) is 41.4 Å². The van der Waals surface area contributed by atoms with Crippen molar-refractivity contribution in [3.05, 3.63) is 47.7 Å². The van der Waals surface area contributed by atoms with Gasteiger partial charge >= 0.3 is 0 Å². The largest absolute Gasteiger partial charge is 0.494 e. The van der Waals surface area contributed by atoms with Crippen molar-refractivity contribution < 1.29 is 13.2 Å². The molecule has 1 aromatic heterocycles. The molecule has 5 nitrogen and oxygen atoms in total. The SMILES string of the molecule is CCOc1ccc2c(c1)CN(c1ncccc1S(C)(=O)=O)CC2. The van der Waals surface area contributed by atoms with E-state index >= 15 is 0 Å². The molecule has 0 radical (unpaired) electrons. The van der Waals surface area contributed by atoms with Crippen LogP contribution in [-0.4, -0.2) is 32.8 Å². The summed E-state index contributed by atoms with van der Waals surface area (Å²) in [4.78, 5) is 6.62. The third-order valence-corrected chi connectivity index (χ3v) is 5.07. The molecule has 0 spiro atoms. The summed E-state index contributed by atoms with van der Waals surface area (Å²) in [5.74, 6) is 1.37. The number of fused-ring (bicyclic) bond motifs is 1. The lowest BCUT2D eigenvalue weighted by atomic mass is 9.99. The van der Waals surface area contributed by atoms with Crippen LogP contribution in [0.5, 0.6) is 5.75 Å². The van der Waals surface area contributed by atoms with Crippen molar-refractivity contribution in [3.8, 4) is 5.75 Å². The molecular formula is C17H20N2O3S. The zero-order valence-electron chi connectivity index (χ0n) is 13.3. The Hall–Kier alpha value is -2.08. The first-order valence-corrected chi connectivity index (χ1v) is 9.53. The molecule has 0 fully saturated rings. The monoisotopic (exact) mass is 332 g/mol. The van der Waals surface area contributed by atoms with E-state index in [4.69, 9.17) is 4.74 Å². The van der Waals surface area contributed by atoms with E-state index in [1.165, 1.54) is 11.8 Å². The molecule has 0 aliphatic carbocycles. The molecular weight excluding hydrogens is 312 g/mol. The summed E-state index contributed by atoms with van der Waals surface area (Å²) in [6, 6.07) is 9.39. The number of nitrogens with zero attached hydrogens (tertiary/aromatic N) is 2. The molecule has 1 aliphatic rings. The Morgan fingerprint density at radius 2 is 2.09 bits per heavy atom. The number of ether oxygens (including phenoxy) is 1. The highest BCUT2D eigenvalue weighted by Gasteiger charge is 2.23. The normalized spacial score (nSPS) is 14.4. The Bertz CT molecular complexity index is 818. The van der Waals surface area contributed by atoms with Gasteiger partial charge in [-0.1, -0.05) is 6.07 Å². The maximum Gasteiger partial charge on any atom is 0.179 e. The number of hydrogen-bond acceptors (Lipinski definition) is 5. The summed E-state index contributed by atoms with van der Waals surface area (Å²) >= 11 is 0. The van der Waals surface area contributed by atoms with Crippen LogP contribution in [0.3, 0.4) is 0 Å². The van der Waals surface area contributed by atoms with Crippen molar-refractivity contribution >= 4 is 15.7 Å². The Morgan fingerprint density at radius 1 is 1.26 bits per heavy atom. The standard InChI is InChI=1S/C17H20N2O3S/c1-3-22-15-7-6-13-8-10-19(12-14(13)11-15)17-16(23(2,20)21)5-4-9-18-17/h4-7,9,11H,3,8,10,12H2,1-2H3. The second-order valence-corrected chi connectivity index (χ2v) is 7.62. The van der Waals surface area contributed by atoms with E-state index in [9.17, 15) is 8.42 Å². The van der Waals surface area contributed by atoms with Crippen LogP contribution in [-0.2, 0) is 22.8 Å². The van der Waals surface area contributed by atoms with Crippen LogP contribution in [0, 0.1) is 0 Å². The van der Waals surface area contributed by atoms with Gasteiger partial charge in [-0.2, -0.15) is 0 Å². The molecule has 1 aromatic carbocycles. The topological polar surface area (TPSA) is 59.5 Å². The third kappa shape index (κ3) is 3.32. The fraction of sp³-hybridized carbons (Fsp3) is 0.353. The van der Waals surface area contributed by atoms with E-state index in [0.29, 0.717) is 19.0 Å². The summed E-state index contributed by atoms with van der Waals surface area (Å²) in [6.07, 6.45) is 3.72. The van der Waals surface area contributed by atoms with Crippen molar-refractivity contribution in [2.45, 2.75) is 24.8 Å². The Kier molecular flexibility index (Phi) is 4.26. The lowest BCUT2D eigenvalue weighted by molar-refractivity contribution is 0.339. The number of aromatic nitrogens is 1. The molecule has 0 atom stereocenters. The first-order valence-electron chi connectivity index (χ1n) is 7.63. The molecule has 2 aromatic rings. The molecule has 6 heteroatoms. The van der Waals surface area contributed by atoms with Crippen molar-refractivity contribution in [1.82, 2.24) is 4.98 Å². The van der Waals surface area contributed by atoms with Gasteiger partial charge in [0.2, 0.25) is 0 Å². The summed E-state index contributed by atoms with van der Waals surface area (Å²) in [7, 11) is -3.31. The van der Waals surface area contributed by atoms with Gasteiger partial charge < -0.3 is 9.64 Å². The first kappa shape index (κ1) is 15.8. The fourth-order valence-corrected chi connectivity index (χ4v) is 3.72. The van der Waals surface area contributed by atoms with Gasteiger partial charge in [-0.05, 0) is 48.7 Å². The zero-order valence-corrected chi connectivity index (χ0v) is 14.1. The van der Waals surface area contributed by atoms with Crippen LogP contribution in [0.1, 0.15) is 18.1 Å². The molecule has 0 unspecified atom stereocenters. The van der Waals surface area contributed by atoms with E-state index < -0.39 is 9.84 Å². The van der Waals surface area contributed by atoms with E-state index in [0.717, 1.165) is 24.3 Å². The molecule has 0 N–H and O–H groups in total. The molecule has 2 heterocycles. The van der Waals surface area contributed by atoms with Gasteiger partial charge in [0, 0.05) is 25.5 Å². The van der Waals surface area contributed by atoms with Crippen molar-refractivity contribution in [3.63, 3.8) is 0 Å². The maximum absolute atomic E-state index is 12.0. The summed E-state index contributed by atoms with van der Waals surface area (Å²) < 4.78 is 29.5. The number of pyridine rings is 1. The van der Waals surface area contributed by atoms with Gasteiger partial charge in [-0.3, -0.25) is 0 Å². The van der Waals surface area contributed by atoms with Gasteiger partial charge in [0.1, 0.15) is 16.5 Å². The quantitative estimate of drug-likeness (QED) is 0.861. The highest BCUT2D eigenvalue weighted by atomic mass is 32.2. The summed E-state index contributed by atoms with van der Waals surface area (Å²) in [5, 5.41) is 0. The molecule has 0 bridgehead atoms. The van der Waals surface area contributed by atoms with Crippen molar-refractivity contribution in [2.24, 2.45) is 0 Å². The average molecular weight is 332 g/mol. The van der Waals surface area contributed by atoms with Gasteiger partial charge in [0.15, 0.2) is 9.84 Å². The van der Waals surface area contributed by atoms with Crippen molar-refractivity contribution in [1.29, 1.82) is 0 Å². The Morgan fingerprint density at radius 3 is 2.83 bits per heavy atom. The Balaban J connectivity index is 1.95. The first-order chi connectivity index (χ1) is 11.0. The molecule has 1 aliphatic heterocycles. The highest BCUT2D eigenvalue weighted by Crippen LogP contribution is 2.29. The van der Waals surface area contributed by atoms with Crippen LogP contribution < -0.4 is 9.64 Å². The van der Waals surface area contributed by atoms with Gasteiger partial charge in [-0.25, -0.2) is 13.4 Å². The minimum Gasteiger partial charge on any atom is -0.494 e. The second-order valence-electron chi connectivity index (χ2n) is 5.63. The fourth-order valence-electron chi connectivity index (χ4n) is 2.88. The smallest absolute Gasteiger partial charge is 0.179 e. The zero-order chi connectivity index (χ0) is 16.4. The number of anilines is 1. The van der Waals surface area contributed by atoms with Gasteiger partial charge in [0.05, 0.1) is 6.61 Å². The van der Waals surface area contributed by atoms with Crippen LogP contribution >= 0.6 is 0 Å². The Labute approximate surface area is 136 Å². The molecule has 23 heavy (non-hydrogen) atoms. The molecule has 122 valence electrons. The van der Waals surface area contributed by atoms with E-state index in [1.54, 1.807) is 18.3 Å². The lowest BCUT2D eigenvalue weighted by Gasteiger charge is -2.31. The highest BCUT2D eigenvalue weighted by molar-refractivity contribution is 7.90. The molecule has 0 amide bonds. The lowest BCUT2D eigenvalue weighted by Crippen LogP contribution is -2.32. The van der Waals surface area contributed by atoms with E-state index in [2.05, 4.69) is 11.1 Å². The molecule has 0 saturated heterocycles. The summed E-state index contributed by atoms with van der Waals surface area (Å²) in [5.41, 5.74) is 2.44. The molecule has 3 rings (SSSR count).